The molecule has 3 heterocycles. The number of hydrogen-bond acceptors (Lipinski definition) is 7. The van der Waals surface area contributed by atoms with Crippen LogP contribution >= 0.6 is 11.3 Å². The monoisotopic (exact) mass is 555 g/mol. The summed E-state index contributed by atoms with van der Waals surface area (Å²) in [6, 6.07) is 4.03. The molecular formula is C28H31F2N5O3S. The van der Waals surface area contributed by atoms with Gasteiger partial charge < -0.3 is 20.1 Å². The topological polar surface area (TPSA) is 100 Å². The van der Waals surface area contributed by atoms with Gasteiger partial charge in [0, 0.05) is 48.9 Å². The number of likely N-dealkylation sites (tertiary alicyclic amines) is 1. The van der Waals surface area contributed by atoms with E-state index in [1.807, 2.05) is 12.3 Å². The molecule has 3 fully saturated rings. The first-order valence-corrected chi connectivity index (χ1v) is 14.4. The number of amides is 2. The van der Waals surface area contributed by atoms with Crippen molar-refractivity contribution in [2.24, 2.45) is 11.8 Å². The normalized spacial score (nSPS) is 22.7. The molecule has 0 radical (unpaired) electrons. The van der Waals surface area contributed by atoms with E-state index in [0.717, 1.165) is 55.2 Å². The number of piperidine rings is 1. The van der Waals surface area contributed by atoms with Crippen LogP contribution < -0.4 is 10.6 Å². The highest BCUT2D eigenvalue weighted by molar-refractivity contribution is 7.09. The van der Waals surface area contributed by atoms with Crippen molar-refractivity contribution in [3.05, 3.63) is 57.7 Å². The van der Waals surface area contributed by atoms with Crippen LogP contribution in [-0.4, -0.2) is 52.5 Å². The Hall–Kier alpha value is -3.18. The Labute approximate surface area is 229 Å². The summed E-state index contributed by atoms with van der Waals surface area (Å²) in [4.78, 5) is 34.0. The van der Waals surface area contributed by atoms with Crippen molar-refractivity contribution >= 4 is 23.2 Å². The highest BCUT2D eigenvalue weighted by Crippen LogP contribution is 2.43. The van der Waals surface area contributed by atoms with Crippen LogP contribution in [0.3, 0.4) is 0 Å². The van der Waals surface area contributed by atoms with E-state index in [1.54, 1.807) is 11.3 Å². The predicted molar refractivity (Wildman–Crippen MR) is 141 cm³/mol. The Bertz CT molecular complexity index is 1380. The molecule has 206 valence electrons. The Morgan fingerprint density at radius 2 is 2.03 bits per heavy atom. The van der Waals surface area contributed by atoms with Gasteiger partial charge in [0.05, 0.1) is 17.0 Å². The number of carbonyl (C=O) groups excluding carboxylic acids is 2. The molecule has 3 aromatic rings. The average Bonchev–Trinajstić information content (AvgIpc) is 3.37. The van der Waals surface area contributed by atoms with Crippen molar-refractivity contribution in [2.45, 2.75) is 57.0 Å². The quantitative estimate of drug-likeness (QED) is 0.427. The van der Waals surface area contributed by atoms with Gasteiger partial charge in [0.15, 0.2) is 11.5 Å². The molecule has 0 unspecified atom stereocenters. The van der Waals surface area contributed by atoms with Gasteiger partial charge in [0.25, 0.3) is 5.91 Å². The number of benzene rings is 1. The Kier molecular flexibility index (Phi) is 6.96. The summed E-state index contributed by atoms with van der Waals surface area (Å²) in [5.41, 5.74) is 0.490. The van der Waals surface area contributed by atoms with Crippen molar-refractivity contribution in [3.63, 3.8) is 0 Å². The van der Waals surface area contributed by atoms with Crippen molar-refractivity contribution < 1.29 is 22.9 Å². The van der Waals surface area contributed by atoms with Gasteiger partial charge in [0.1, 0.15) is 16.6 Å². The molecule has 3 aliphatic rings. The summed E-state index contributed by atoms with van der Waals surface area (Å²) in [6.07, 6.45) is 5.80. The van der Waals surface area contributed by atoms with E-state index in [-0.39, 0.29) is 22.9 Å². The second-order valence-electron chi connectivity index (χ2n) is 11.1. The maximum absolute atomic E-state index is 14.2. The smallest absolute Gasteiger partial charge is 0.273 e. The number of hydrogen-bond donors (Lipinski definition) is 2. The van der Waals surface area contributed by atoms with Gasteiger partial charge in [-0.15, -0.1) is 11.3 Å². The number of nitrogens with zero attached hydrogens (tertiary/aromatic N) is 3. The molecule has 2 saturated carbocycles. The zero-order valence-electron chi connectivity index (χ0n) is 21.7. The summed E-state index contributed by atoms with van der Waals surface area (Å²) < 4.78 is 32.7. The first-order valence-electron chi connectivity index (χ1n) is 13.5. The maximum Gasteiger partial charge on any atom is 0.273 e. The number of carbonyl (C=O) groups is 2. The Balaban J connectivity index is 1.18. The minimum atomic E-state index is -0.807. The zero-order chi connectivity index (χ0) is 27.1. The fourth-order valence-electron chi connectivity index (χ4n) is 5.56. The highest BCUT2D eigenvalue weighted by Gasteiger charge is 2.46. The molecule has 1 saturated heterocycles. The number of nitrogens with one attached hydrogen (secondary N) is 2. The summed E-state index contributed by atoms with van der Waals surface area (Å²) >= 11 is 1.58. The fraction of sp³-hybridized carbons (Fsp3) is 0.500. The summed E-state index contributed by atoms with van der Waals surface area (Å²) in [5.74, 6) is -1.82. The largest absolute Gasteiger partial charge is 0.355 e. The SMILES string of the molecule is Cc1csc(C2(NC(=O)[C@H]3CN(CC4CC4)CC[C@@H]3NC(=O)c3cc(-c4ccc(F)cc4F)on3)CCC2)n1. The van der Waals surface area contributed by atoms with Crippen molar-refractivity contribution in [3.8, 4) is 11.3 Å². The third-order valence-electron chi connectivity index (χ3n) is 8.10. The Morgan fingerprint density at radius 1 is 1.21 bits per heavy atom. The lowest BCUT2D eigenvalue weighted by Crippen LogP contribution is -2.60. The lowest BCUT2D eigenvalue weighted by atomic mass is 9.76. The van der Waals surface area contributed by atoms with Crippen LogP contribution in [0, 0.1) is 30.4 Å². The number of rotatable bonds is 8. The van der Waals surface area contributed by atoms with E-state index in [0.29, 0.717) is 18.9 Å². The first kappa shape index (κ1) is 26.1. The molecule has 2 aliphatic carbocycles. The summed E-state index contributed by atoms with van der Waals surface area (Å²) in [6.45, 7) is 4.27. The average molecular weight is 556 g/mol. The highest BCUT2D eigenvalue weighted by atomic mass is 32.1. The van der Waals surface area contributed by atoms with Crippen LogP contribution in [0.5, 0.6) is 0 Å². The molecule has 2 amide bonds. The van der Waals surface area contributed by atoms with Crippen molar-refractivity contribution in [1.82, 2.24) is 25.7 Å². The van der Waals surface area contributed by atoms with E-state index >= 15 is 0 Å². The lowest BCUT2D eigenvalue weighted by Gasteiger charge is -2.44. The first-order chi connectivity index (χ1) is 18.8. The van der Waals surface area contributed by atoms with E-state index < -0.39 is 35.0 Å². The standard InChI is InChI=1S/C28H31F2N5O3S/c1-16-15-39-27(31-16)28(8-2-9-28)33-25(36)20-14-35(13-17-3-4-17)10-7-22(20)32-26(37)23-12-24(38-34-23)19-6-5-18(29)11-21(19)30/h5-6,11-12,15,17,20,22H,2-4,7-10,13-14H2,1H3,(H,32,37)(H,33,36)/t20-,22-/m0/s1. The molecule has 2 N–H and O–H groups in total. The number of aromatic nitrogens is 2. The van der Waals surface area contributed by atoms with Gasteiger partial charge >= 0.3 is 0 Å². The van der Waals surface area contributed by atoms with Gasteiger partial charge in [-0.3, -0.25) is 9.59 Å². The molecule has 8 nitrogen and oxygen atoms in total. The van der Waals surface area contributed by atoms with Crippen LogP contribution in [0.2, 0.25) is 0 Å². The molecule has 11 heteroatoms. The zero-order valence-corrected chi connectivity index (χ0v) is 22.5. The molecule has 1 aromatic carbocycles. The second-order valence-corrected chi connectivity index (χ2v) is 12.0. The van der Waals surface area contributed by atoms with Crippen molar-refractivity contribution in [2.75, 3.05) is 19.6 Å². The number of thiazole rings is 1. The van der Waals surface area contributed by atoms with Crippen molar-refractivity contribution in [1.29, 1.82) is 0 Å². The van der Waals surface area contributed by atoms with Gasteiger partial charge in [-0.2, -0.15) is 0 Å². The van der Waals surface area contributed by atoms with Gasteiger partial charge in [-0.05, 0) is 63.5 Å². The van der Waals surface area contributed by atoms with Crippen LogP contribution in [0.1, 0.15) is 59.7 Å². The predicted octanol–water partition coefficient (Wildman–Crippen LogP) is 4.41. The third-order valence-corrected chi connectivity index (χ3v) is 9.27. The van der Waals surface area contributed by atoms with Crippen LogP contribution in [0.15, 0.2) is 34.2 Å². The molecular weight excluding hydrogens is 524 g/mol. The summed E-state index contributed by atoms with van der Waals surface area (Å²) in [5, 5.41) is 13.1. The number of halogens is 2. The van der Waals surface area contributed by atoms with E-state index in [4.69, 9.17) is 4.52 Å². The minimum absolute atomic E-state index is 0.0109. The molecule has 2 aromatic heterocycles. The van der Waals surface area contributed by atoms with Crippen LogP contribution in [0.4, 0.5) is 8.78 Å². The van der Waals surface area contributed by atoms with Gasteiger partial charge in [-0.25, -0.2) is 13.8 Å². The van der Waals surface area contributed by atoms with Crippen LogP contribution in [0.25, 0.3) is 11.3 Å². The van der Waals surface area contributed by atoms with E-state index in [1.165, 1.54) is 25.0 Å². The lowest BCUT2D eigenvalue weighted by molar-refractivity contribution is -0.131. The van der Waals surface area contributed by atoms with Gasteiger partial charge in [-0.1, -0.05) is 5.16 Å². The second kappa shape index (κ2) is 10.4. The molecule has 0 bridgehead atoms. The summed E-state index contributed by atoms with van der Waals surface area (Å²) in [7, 11) is 0. The fourth-order valence-corrected chi connectivity index (χ4v) is 6.57. The van der Waals surface area contributed by atoms with E-state index in [9.17, 15) is 18.4 Å². The third kappa shape index (κ3) is 5.47. The minimum Gasteiger partial charge on any atom is -0.355 e. The molecule has 1 aliphatic heterocycles. The molecule has 6 rings (SSSR count). The molecule has 2 atom stereocenters. The molecule has 39 heavy (non-hydrogen) atoms. The molecule has 0 spiro atoms. The van der Waals surface area contributed by atoms with Gasteiger partial charge in [0.2, 0.25) is 5.91 Å². The Morgan fingerprint density at radius 3 is 2.69 bits per heavy atom. The maximum atomic E-state index is 14.2. The number of aryl methyl sites for hydroxylation is 1. The van der Waals surface area contributed by atoms with E-state index in [2.05, 4.69) is 25.7 Å². The van der Waals surface area contributed by atoms with Crippen LogP contribution in [-0.2, 0) is 10.3 Å².